The number of carbonyl (C=O) groups is 2. The number of likely N-dealkylation sites (tertiary alicyclic amines) is 1. The topological polar surface area (TPSA) is 89.3 Å². The van der Waals surface area contributed by atoms with E-state index in [1.165, 1.54) is 6.20 Å². The molecule has 9 heteroatoms. The summed E-state index contributed by atoms with van der Waals surface area (Å²) in [6.07, 6.45) is 4.49. The molecule has 0 bridgehead atoms. The van der Waals surface area contributed by atoms with Crippen LogP contribution in [-0.4, -0.2) is 59.8 Å². The van der Waals surface area contributed by atoms with E-state index in [1.807, 2.05) is 0 Å². The summed E-state index contributed by atoms with van der Waals surface area (Å²) in [5.74, 6) is -4.24. The van der Waals surface area contributed by atoms with Crippen LogP contribution in [0.25, 0.3) is 0 Å². The third-order valence-electron chi connectivity index (χ3n) is 4.63. The molecule has 3 rings (SSSR count). The Morgan fingerprint density at radius 3 is 2.81 bits per heavy atom. The Hall–Kier alpha value is -2.76. The van der Waals surface area contributed by atoms with E-state index in [0.717, 1.165) is 30.8 Å². The molecule has 7 nitrogen and oxygen atoms in total. The standard InChI is InChI=1S/C17H19F2N5O2/c18-17(19)7-12(8-20)24(11-17)15(25)10-22-16(26)13-3-4-21-9-14(13)23-5-1-2-6-23/h3-4,9,12H,1-2,5-7,10-11H2,(H,22,26). The Morgan fingerprint density at radius 2 is 2.12 bits per heavy atom. The van der Waals surface area contributed by atoms with Crippen LogP contribution in [0.5, 0.6) is 0 Å². The van der Waals surface area contributed by atoms with Crippen LogP contribution in [0.4, 0.5) is 14.5 Å². The Labute approximate surface area is 149 Å². The number of nitriles is 1. The van der Waals surface area contributed by atoms with Gasteiger partial charge in [0.1, 0.15) is 6.04 Å². The molecule has 26 heavy (non-hydrogen) atoms. The van der Waals surface area contributed by atoms with Crippen molar-refractivity contribution in [3.8, 4) is 6.07 Å². The SMILES string of the molecule is N#CC1CC(F)(F)CN1C(=O)CNC(=O)c1ccncc1N1CCCC1. The number of amides is 2. The molecule has 2 amide bonds. The van der Waals surface area contributed by atoms with E-state index in [2.05, 4.69) is 15.2 Å². The third kappa shape index (κ3) is 3.74. The maximum Gasteiger partial charge on any atom is 0.268 e. The van der Waals surface area contributed by atoms with E-state index >= 15 is 0 Å². The third-order valence-corrected chi connectivity index (χ3v) is 4.63. The minimum absolute atomic E-state index is 0.387. The van der Waals surface area contributed by atoms with E-state index in [-0.39, 0.29) is 0 Å². The van der Waals surface area contributed by atoms with Gasteiger partial charge in [-0.1, -0.05) is 0 Å². The van der Waals surface area contributed by atoms with Crippen molar-refractivity contribution >= 4 is 17.5 Å². The minimum atomic E-state index is -3.08. The quantitative estimate of drug-likeness (QED) is 0.867. The zero-order chi connectivity index (χ0) is 18.7. The second kappa shape index (κ2) is 7.23. The Morgan fingerprint density at radius 1 is 1.38 bits per heavy atom. The summed E-state index contributed by atoms with van der Waals surface area (Å²) in [4.78, 5) is 31.6. The normalized spacial score (nSPS) is 21.5. The van der Waals surface area contributed by atoms with Gasteiger partial charge in [0.25, 0.3) is 11.8 Å². The molecule has 1 aromatic rings. The van der Waals surface area contributed by atoms with Crippen LogP contribution in [0.3, 0.4) is 0 Å². The molecule has 0 aliphatic carbocycles. The zero-order valence-electron chi connectivity index (χ0n) is 14.1. The van der Waals surface area contributed by atoms with Crippen LogP contribution in [-0.2, 0) is 4.79 Å². The van der Waals surface area contributed by atoms with Crippen LogP contribution >= 0.6 is 0 Å². The number of carbonyl (C=O) groups excluding carboxylic acids is 2. The van der Waals surface area contributed by atoms with E-state index < -0.39 is 43.3 Å². The highest BCUT2D eigenvalue weighted by atomic mass is 19.3. The second-order valence-corrected chi connectivity index (χ2v) is 6.50. The Kier molecular flexibility index (Phi) is 5.02. The summed E-state index contributed by atoms with van der Waals surface area (Å²) in [7, 11) is 0. The summed E-state index contributed by atoms with van der Waals surface area (Å²) < 4.78 is 26.9. The van der Waals surface area contributed by atoms with Gasteiger partial charge in [0, 0.05) is 25.7 Å². The van der Waals surface area contributed by atoms with Gasteiger partial charge in [-0.15, -0.1) is 0 Å². The van der Waals surface area contributed by atoms with E-state index in [0.29, 0.717) is 11.3 Å². The van der Waals surface area contributed by atoms with Crippen LogP contribution in [0.1, 0.15) is 29.6 Å². The Bertz CT molecular complexity index is 743. The van der Waals surface area contributed by atoms with Gasteiger partial charge in [0.15, 0.2) is 0 Å². The fourth-order valence-corrected chi connectivity index (χ4v) is 3.34. The molecule has 0 aromatic carbocycles. The molecule has 2 fully saturated rings. The average molecular weight is 363 g/mol. The number of rotatable bonds is 4. The summed E-state index contributed by atoms with van der Waals surface area (Å²) >= 11 is 0. The van der Waals surface area contributed by atoms with E-state index in [1.54, 1.807) is 18.3 Å². The van der Waals surface area contributed by atoms with Crippen molar-refractivity contribution in [3.05, 3.63) is 24.0 Å². The number of nitrogens with zero attached hydrogens (tertiary/aromatic N) is 4. The number of halogens is 2. The maximum absolute atomic E-state index is 13.4. The van der Waals surface area contributed by atoms with Crippen LogP contribution < -0.4 is 10.2 Å². The fourth-order valence-electron chi connectivity index (χ4n) is 3.34. The average Bonchev–Trinajstić information content (AvgIpc) is 3.26. The Balaban J connectivity index is 1.64. The lowest BCUT2D eigenvalue weighted by Gasteiger charge is -2.21. The molecular formula is C17H19F2N5O2. The molecule has 2 aliphatic heterocycles. The van der Waals surface area contributed by atoms with Gasteiger partial charge in [0.05, 0.1) is 36.6 Å². The summed E-state index contributed by atoms with van der Waals surface area (Å²) in [6.45, 7) is 0.429. The first-order valence-corrected chi connectivity index (χ1v) is 8.45. The number of anilines is 1. The van der Waals surface area contributed by atoms with Gasteiger partial charge in [-0.2, -0.15) is 5.26 Å². The van der Waals surface area contributed by atoms with E-state index in [4.69, 9.17) is 5.26 Å². The highest BCUT2D eigenvalue weighted by Gasteiger charge is 2.47. The number of alkyl halides is 2. The van der Waals surface area contributed by atoms with Gasteiger partial charge >= 0.3 is 0 Å². The highest BCUT2D eigenvalue weighted by molar-refractivity contribution is 6.01. The highest BCUT2D eigenvalue weighted by Crippen LogP contribution is 2.31. The van der Waals surface area contributed by atoms with Crippen LogP contribution in [0, 0.1) is 11.3 Å². The van der Waals surface area contributed by atoms with Gasteiger partial charge < -0.3 is 15.1 Å². The summed E-state index contributed by atoms with van der Waals surface area (Å²) in [5.41, 5.74) is 1.08. The lowest BCUT2D eigenvalue weighted by Crippen LogP contribution is -2.43. The first kappa shape index (κ1) is 18.0. The lowest BCUT2D eigenvalue weighted by molar-refractivity contribution is -0.131. The van der Waals surface area contributed by atoms with Gasteiger partial charge in [-0.25, -0.2) is 8.78 Å². The molecule has 138 valence electrons. The maximum atomic E-state index is 13.4. The molecular weight excluding hydrogens is 344 g/mol. The van der Waals surface area contributed by atoms with Crippen molar-refractivity contribution in [1.29, 1.82) is 5.26 Å². The van der Waals surface area contributed by atoms with Crippen LogP contribution in [0.2, 0.25) is 0 Å². The van der Waals surface area contributed by atoms with Crippen molar-refractivity contribution in [2.24, 2.45) is 0 Å². The molecule has 1 atom stereocenters. The molecule has 1 N–H and O–H groups in total. The molecule has 3 heterocycles. The molecule has 0 radical (unpaired) electrons. The zero-order valence-corrected chi connectivity index (χ0v) is 14.1. The van der Waals surface area contributed by atoms with Crippen LogP contribution in [0.15, 0.2) is 18.5 Å². The smallest absolute Gasteiger partial charge is 0.268 e. The first-order chi connectivity index (χ1) is 12.4. The summed E-state index contributed by atoms with van der Waals surface area (Å²) in [5, 5.41) is 11.4. The predicted molar refractivity (Wildman–Crippen MR) is 88.7 cm³/mol. The monoisotopic (exact) mass is 363 g/mol. The number of hydrogen-bond donors (Lipinski definition) is 1. The van der Waals surface area contributed by atoms with Gasteiger partial charge in [0.2, 0.25) is 5.91 Å². The molecule has 2 aliphatic rings. The number of aromatic nitrogens is 1. The molecule has 0 spiro atoms. The molecule has 1 aromatic heterocycles. The van der Waals surface area contributed by atoms with Crippen molar-refractivity contribution in [3.63, 3.8) is 0 Å². The minimum Gasteiger partial charge on any atom is -0.370 e. The largest absolute Gasteiger partial charge is 0.370 e. The number of hydrogen-bond acceptors (Lipinski definition) is 5. The molecule has 1 unspecified atom stereocenters. The second-order valence-electron chi connectivity index (χ2n) is 6.50. The predicted octanol–water partition coefficient (Wildman–Crippen LogP) is 1.17. The molecule has 2 saturated heterocycles. The summed E-state index contributed by atoms with van der Waals surface area (Å²) in [6, 6.07) is 2.11. The van der Waals surface area contributed by atoms with Gasteiger partial charge in [-0.05, 0) is 18.9 Å². The number of nitrogens with one attached hydrogen (secondary N) is 1. The number of pyridine rings is 1. The van der Waals surface area contributed by atoms with Crippen molar-refractivity contribution < 1.29 is 18.4 Å². The lowest BCUT2D eigenvalue weighted by atomic mass is 10.2. The van der Waals surface area contributed by atoms with Crippen molar-refractivity contribution in [2.45, 2.75) is 31.2 Å². The fraction of sp³-hybridized carbons (Fsp3) is 0.529. The van der Waals surface area contributed by atoms with Crippen molar-refractivity contribution in [1.82, 2.24) is 15.2 Å². The molecule has 0 saturated carbocycles. The van der Waals surface area contributed by atoms with Crippen molar-refractivity contribution in [2.75, 3.05) is 31.1 Å². The van der Waals surface area contributed by atoms with Gasteiger partial charge in [-0.3, -0.25) is 14.6 Å². The first-order valence-electron chi connectivity index (χ1n) is 8.45. The van der Waals surface area contributed by atoms with E-state index in [9.17, 15) is 18.4 Å².